The van der Waals surface area contributed by atoms with Crippen molar-refractivity contribution in [2.75, 3.05) is 43.4 Å². The summed E-state index contributed by atoms with van der Waals surface area (Å²) in [4.78, 5) is 9.11. The molecule has 0 unspecified atom stereocenters. The van der Waals surface area contributed by atoms with Crippen LogP contribution in [0.3, 0.4) is 0 Å². The number of benzene rings is 1. The lowest BCUT2D eigenvalue weighted by Crippen LogP contribution is -2.47. The Morgan fingerprint density at radius 2 is 1.90 bits per heavy atom. The van der Waals surface area contributed by atoms with Gasteiger partial charge in [0.15, 0.2) is 0 Å². The lowest BCUT2D eigenvalue weighted by Gasteiger charge is -2.37. The molecule has 4 heteroatoms. The van der Waals surface area contributed by atoms with E-state index in [0.29, 0.717) is 0 Å². The van der Waals surface area contributed by atoms with Gasteiger partial charge in [0.05, 0.1) is 11.4 Å². The van der Waals surface area contributed by atoms with Crippen molar-refractivity contribution in [3.63, 3.8) is 0 Å². The number of hydrogen-bond donors (Lipinski definition) is 1. The summed E-state index contributed by atoms with van der Waals surface area (Å²) < 4.78 is 0. The van der Waals surface area contributed by atoms with Crippen molar-refractivity contribution < 1.29 is 0 Å². The molecule has 2 heterocycles. The standard InChI is InChI=1S/C17H24N4/c1-13(2)12-20-7-9-21(10-8-20)16-4-3-14-11-19-6-5-15(14)17(16)18/h3-6,11,13H,7-10,12,18H2,1-2H3. The molecule has 0 radical (unpaired) electrons. The monoisotopic (exact) mass is 284 g/mol. The summed E-state index contributed by atoms with van der Waals surface area (Å²) in [5.74, 6) is 0.731. The number of nitrogens with zero attached hydrogens (tertiary/aromatic N) is 3. The molecule has 2 aromatic rings. The zero-order chi connectivity index (χ0) is 14.8. The maximum absolute atomic E-state index is 6.38. The van der Waals surface area contributed by atoms with Crippen LogP contribution >= 0.6 is 0 Å². The predicted octanol–water partition coefficient (Wildman–Crippen LogP) is 2.60. The summed E-state index contributed by atoms with van der Waals surface area (Å²) in [6.45, 7) is 10.1. The Hall–Kier alpha value is -1.81. The average molecular weight is 284 g/mol. The molecule has 112 valence electrons. The molecule has 1 aliphatic rings. The van der Waals surface area contributed by atoms with Crippen LogP contribution in [0.4, 0.5) is 11.4 Å². The molecule has 0 spiro atoms. The third-order valence-electron chi connectivity index (χ3n) is 4.18. The molecule has 3 rings (SSSR count). The number of piperazine rings is 1. The summed E-state index contributed by atoms with van der Waals surface area (Å²) in [5.41, 5.74) is 8.43. The normalized spacial score (nSPS) is 16.8. The Kier molecular flexibility index (Phi) is 3.97. The molecule has 4 nitrogen and oxygen atoms in total. The van der Waals surface area contributed by atoms with Crippen molar-refractivity contribution in [1.29, 1.82) is 0 Å². The highest BCUT2D eigenvalue weighted by Crippen LogP contribution is 2.31. The molecule has 21 heavy (non-hydrogen) atoms. The first-order valence-electron chi connectivity index (χ1n) is 7.74. The number of hydrogen-bond acceptors (Lipinski definition) is 4. The molecule has 1 aliphatic heterocycles. The summed E-state index contributed by atoms with van der Waals surface area (Å²) in [7, 11) is 0. The fourth-order valence-corrected chi connectivity index (χ4v) is 3.14. The quantitative estimate of drug-likeness (QED) is 0.880. The molecule has 0 aliphatic carbocycles. The summed E-state index contributed by atoms with van der Waals surface area (Å²) in [6.07, 6.45) is 3.68. The number of fused-ring (bicyclic) bond motifs is 1. The van der Waals surface area contributed by atoms with Gasteiger partial charge in [-0.25, -0.2) is 0 Å². The Balaban J connectivity index is 1.78. The van der Waals surface area contributed by atoms with Gasteiger partial charge in [0, 0.05) is 55.9 Å². The van der Waals surface area contributed by atoms with Gasteiger partial charge >= 0.3 is 0 Å². The molecule has 0 atom stereocenters. The summed E-state index contributed by atoms with van der Waals surface area (Å²) in [6, 6.07) is 6.26. The van der Waals surface area contributed by atoms with Crippen LogP contribution in [0.25, 0.3) is 10.8 Å². The van der Waals surface area contributed by atoms with Crippen LogP contribution in [0.5, 0.6) is 0 Å². The molecule has 0 amide bonds. The van der Waals surface area contributed by atoms with Gasteiger partial charge in [0.1, 0.15) is 0 Å². The topological polar surface area (TPSA) is 45.4 Å². The predicted molar refractivity (Wildman–Crippen MR) is 89.6 cm³/mol. The van der Waals surface area contributed by atoms with E-state index in [1.165, 1.54) is 6.54 Å². The lowest BCUT2D eigenvalue weighted by molar-refractivity contribution is 0.231. The first kappa shape index (κ1) is 14.1. The third kappa shape index (κ3) is 2.95. The van der Waals surface area contributed by atoms with E-state index in [4.69, 9.17) is 5.73 Å². The number of nitrogens with two attached hydrogens (primary N) is 1. The first-order chi connectivity index (χ1) is 10.1. The average Bonchev–Trinajstić information content (AvgIpc) is 2.48. The minimum absolute atomic E-state index is 0.731. The van der Waals surface area contributed by atoms with Crippen molar-refractivity contribution in [3.05, 3.63) is 30.6 Å². The van der Waals surface area contributed by atoms with Crippen molar-refractivity contribution >= 4 is 22.1 Å². The Bertz CT molecular complexity index is 615. The van der Waals surface area contributed by atoms with Gasteiger partial charge in [-0.2, -0.15) is 0 Å². The van der Waals surface area contributed by atoms with Gasteiger partial charge in [-0.15, -0.1) is 0 Å². The maximum Gasteiger partial charge on any atom is 0.0632 e. The molecule has 1 saturated heterocycles. The molecule has 0 bridgehead atoms. The molecule has 1 fully saturated rings. The molecule has 1 aromatic carbocycles. The second-order valence-electron chi connectivity index (χ2n) is 6.28. The molecular weight excluding hydrogens is 260 g/mol. The van der Waals surface area contributed by atoms with Gasteiger partial charge in [-0.05, 0) is 18.1 Å². The van der Waals surface area contributed by atoms with Crippen molar-refractivity contribution in [1.82, 2.24) is 9.88 Å². The largest absolute Gasteiger partial charge is 0.397 e. The number of rotatable bonds is 3. The van der Waals surface area contributed by atoms with E-state index in [1.54, 1.807) is 0 Å². The fourth-order valence-electron chi connectivity index (χ4n) is 3.14. The number of anilines is 2. The highest BCUT2D eigenvalue weighted by atomic mass is 15.3. The zero-order valence-corrected chi connectivity index (χ0v) is 12.9. The highest BCUT2D eigenvalue weighted by molar-refractivity contribution is 5.98. The number of nitrogen functional groups attached to an aromatic ring is 1. The molecular formula is C17H24N4. The van der Waals surface area contributed by atoms with Gasteiger partial charge in [0.2, 0.25) is 0 Å². The number of pyridine rings is 1. The Labute approximate surface area is 126 Å². The van der Waals surface area contributed by atoms with Crippen LogP contribution in [0.1, 0.15) is 13.8 Å². The number of aromatic nitrogens is 1. The molecule has 0 saturated carbocycles. The van der Waals surface area contributed by atoms with Gasteiger partial charge < -0.3 is 10.6 Å². The Morgan fingerprint density at radius 3 is 2.62 bits per heavy atom. The Morgan fingerprint density at radius 1 is 1.14 bits per heavy atom. The first-order valence-corrected chi connectivity index (χ1v) is 7.74. The lowest BCUT2D eigenvalue weighted by atomic mass is 10.1. The van der Waals surface area contributed by atoms with Crippen molar-refractivity contribution in [3.8, 4) is 0 Å². The minimum Gasteiger partial charge on any atom is -0.397 e. The summed E-state index contributed by atoms with van der Waals surface area (Å²) >= 11 is 0. The van der Waals surface area contributed by atoms with Crippen LogP contribution < -0.4 is 10.6 Å². The van der Waals surface area contributed by atoms with E-state index in [9.17, 15) is 0 Å². The van der Waals surface area contributed by atoms with Crippen molar-refractivity contribution in [2.24, 2.45) is 5.92 Å². The van der Waals surface area contributed by atoms with Gasteiger partial charge in [-0.1, -0.05) is 19.9 Å². The van der Waals surface area contributed by atoms with Crippen LogP contribution in [0.15, 0.2) is 30.6 Å². The maximum atomic E-state index is 6.38. The fraction of sp³-hybridized carbons (Fsp3) is 0.471. The van der Waals surface area contributed by atoms with E-state index >= 15 is 0 Å². The molecule has 2 N–H and O–H groups in total. The second-order valence-corrected chi connectivity index (χ2v) is 6.28. The van der Waals surface area contributed by atoms with E-state index in [1.807, 2.05) is 18.5 Å². The van der Waals surface area contributed by atoms with E-state index in [0.717, 1.165) is 54.2 Å². The van der Waals surface area contributed by atoms with Crippen LogP contribution in [-0.2, 0) is 0 Å². The van der Waals surface area contributed by atoms with Gasteiger partial charge in [-0.3, -0.25) is 9.88 Å². The van der Waals surface area contributed by atoms with Crippen LogP contribution in [0.2, 0.25) is 0 Å². The summed E-state index contributed by atoms with van der Waals surface area (Å²) in [5, 5.41) is 2.21. The SMILES string of the molecule is CC(C)CN1CCN(c2ccc3cnccc3c2N)CC1. The second kappa shape index (κ2) is 5.90. The van der Waals surface area contributed by atoms with E-state index < -0.39 is 0 Å². The van der Waals surface area contributed by atoms with E-state index in [2.05, 4.69) is 40.8 Å². The van der Waals surface area contributed by atoms with Crippen LogP contribution in [-0.4, -0.2) is 42.6 Å². The van der Waals surface area contributed by atoms with Crippen LogP contribution in [0, 0.1) is 5.92 Å². The molecule has 1 aromatic heterocycles. The van der Waals surface area contributed by atoms with Crippen molar-refractivity contribution in [2.45, 2.75) is 13.8 Å². The highest BCUT2D eigenvalue weighted by Gasteiger charge is 2.19. The smallest absolute Gasteiger partial charge is 0.0632 e. The minimum atomic E-state index is 0.731. The van der Waals surface area contributed by atoms with Gasteiger partial charge in [0.25, 0.3) is 0 Å². The zero-order valence-electron chi connectivity index (χ0n) is 12.9. The van der Waals surface area contributed by atoms with E-state index in [-0.39, 0.29) is 0 Å². The third-order valence-corrected chi connectivity index (χ3v) is 4.18.